The van der Waals surface area contributed by atoms with E-state index in [0.29, 0.717) is 5.92 Å². The van der Waals surface area contributed by atoms with Crippen LogP contribution in [0.5, 0.6) is 0 Å². The van der Waals surface area contributed by atoms with Gasteiger partial charge in [0.15, 0.2) is 0 Å². The first-order valence-corrected chi connectivity index (χ1v) is 6.59. The van der Waals surface area contributed by atoms with Gasteiger partial charge in [0.25, 0.3) is 0 Å². The predicted octanol–water partition coefficient (Wildman–Crippen LogP) is 4.30. The van der Waals surface area contributed by atoms with Crippen LogP contribution in [0.25, 0.3) is 10.9 Å². The van der Waals surface area contributed by atoms with Crippen molar-refractivity contribution in [3.8, 4) is 0 Å². The Morgan fingerprint density at radius 1 is 0.778 bits per heavy atom. The minimum absolute atomic E-state index is 0.497. The third-order valence-electron chi connectivity index (χ3n) is 3.93. The summed E-state index contributed by atoms with van der Waals surface area (Å²) in [6.45, 7) is 15.1. The third kappa shape index (κ3) is 1.80. The van der Waals surface area contributed by atoms with Crippen molar-refractivity contribution in [3.05, 3.63) is 33.8 Å². The Balaban J connectivity index is 3.07. The SMILES string of the molecule is Cc1nc(C)c2c(C(C)C)c(C)c(C)c(C)c2n1. The lowest BCUT2D eigenvalue weighted by Crippen LogP contribution is -2.05. The lowest BCUT2D eigenvalue weighted by molar-refractivity contribution is 0.858. The summed E-state index contributed by atoms with van der Waals surface area (Å²) in [7, 11) is 0. The van der Waals surface area contributed by atoms with Crippen LogP contribution < -0.4 is 0 Å². The summed E-state index contributed by atoms with van der Waals surface area (Å²) in [5.74, 6) is 1.36. The fraction of sp³-hybridized carbons (Fsp3) is 0.500. The zero-order valence-corrected chi connectivity index (χ0v) is 12.5. The van der Waals surface area contributed by atoms with Gasteiger partial charge in [0.05, 0.1) is 5.52 Å². The van der Waals surface area contributed by atoms with Gasteiger partial charge in [-0.15, -0.1) is 0 Å². The second-order valence-electron chi connectivity index (χ2n) is 5.52. The number of hydrogen-bond donors (Lipinski definition) is 0. The zero-order chi connectivity index (χ0) is 13.6. The standard InChI is InChI=1S/C16H22N2/c1-8(2)14-10(4)9(3)11(5)16-15(14)12(6)17-13(7)18-16/h8H,1-7H3. The molecule has 0 bridgehead atoms. The summed E-state index contributed by atoms with van der Waals surface area (Å²) in [6.07, 6.45) is 0. The number of rotatable bonds is 1. The molecule has 0 aliphatic carbocycles. The first-order valence-electron chi connectivity index (χ1n) is 6.59. The van der Waals surface area contributed by atoms with Gasteiger partial charge >= 0.3 is 0 Å². The van der Waals surface area contributed by atoms with Gasteiger partial charge in [-0.25, -0.2) is 9.97 Å². The molecule has 0 aliphatic rings. The van der Waals surface area contributed by atoms with Crippen molar-refractivity contribution < 1.29 is 0 Å². The number of aryl methyl sites for hydroxylation is 3. The van der Waals surface area contributed by atoms with Gasteiger partial charge in [-0.3, -0.25) is 0 Å². The van der Waals surface area contributed by atoms with Crippen molar-refractivity contribution in [1.82, 2.24) is 9.97 Å². The van der Waals surface area contributed by atoms with E-state index >= 15 is 0 Å². The predicted molar refractivity (Wildman–Crippen MR) is 77.3 cm³/mol. The smallest absolute Gasteiger partial charge is 0.126 e. The van der Waals surface area contributed by atoms with Crippen molar-refractivity contribution in [2.45, 2.75) is 54.4 Å². The zero-order valence-electron chi connectivity index (χ0n) is 12.5. The monoisotopic (exact) mass is 242 g/mol. The summed E-state index contributed by atoms with van der Waals surface area (Å²) in [4.78, 5) is 9.22. The van der Waals surface area contributed by atoms with Gasteiger partial charge < -0.3 is 0 Å². The highest BCUT2D eigenvalue weighted by atomic mass is 14.9. The Kier molecular flexibility index (Phi) is 3.14. The Bertz CT molecular complexity index is 625. The minimum atomic E-state index is 0.497. The molecule has 0 saturated heterocycles. The molecule has 0 aliphatic heterocycles. The molecule has 1 aromatic carbocycles. The molecule has 0 N–H and O–H groups in total. The van der Waals surface area contributed by atoms with E-state index in [-0.39, 0.29) is 0 Å². The number of fused-ring (bicyclic) bond motifs is 1. The van der Waals surface area contributed by atoms with Crippen LogP contribution in [0, 0.1) is 34.6 Å². The Morgan fingerprint density at radius 3 is 1.94 bits per heavy atom. The van der Waals surface area contributed by atoms with Crippen LogP contribution in [0.4, 0.5) is 0 Å². The van der Waals surface area contributed by atoms with E-state index in [4.69, 9.17) is 0 Å². The first-order chi connectivity index (χ1) is 8.34. The Labute approximate surface area is 109 Å². The van der Waals surface area contributed by atoms with Crippen LogP contribution in [0.1, 0.15) is 53.5 Å². The highest BCUT2D eigenvalue weighted by Crippen LogP contribution is 2.34. The maximum Gasteiger partial charge on any atom is 0.126 e. The summed E-state index contributed by atoms with van der Waals surface area (Å²) in [5, 5.41) is 1.26. The highest BCUT2D eigenvalue weighted by Gasteiger charge is 2.17. The second kappa shape index (κ2) is 4.34. The lowest BCUT2D eigenvalue weighted by Gasteiger charge is -2.20. The highest BCUT2D eigenvalue weighted by molar-refractivity contribution is 5.90. The van der Waals surface area contributed by atoms with Crippen LogP contribution in [0.3, 0.4) is 0 Å². The average molecular weight is 242 g/mol. The molecule has 18 heavy (non-hydrogen) atoms. The Hall–Kier alpha value is -1.44. The topological polar surface area (TPSA) is 25.8 Å². The van der Waals surface area contributed by atoms with E-state index in [1.165, 1.54) is 27.6 Å². The van der Waals surface area contributed by atoms with Crippen LogP contribution >= 0.6 is 0 Å². The van der Waals surface area contributed by atoms with Gasteiger partial charge in [-0.2, -0.15) is 0 Å². The molecule has 2 heteroatoms. The molecule has 0 atom stereocenters. The molecule has 0 saturated carbocycles. The molecule has 0 amide bonds. The molecule has 0 fully saturated rings. The van der Waals surface area contributed by atoms with E-state index in [1.54, 1.807) is 0 Å². The van der Waals surface area contributed by atoms with Crippen molar-refractivity contribution in [2.24, 2.45) is 0 Å². The summed E-state index contributed by atoms with van der Waals surface area (Å²) < 4.78 is 0. The Morgan fingerprint density at radius 2 is 1.39 bits per heavy atom. The number of benzene rings is 1. The normalized spacial score (nSPS) is 11.6. The lowest BCUT2D eigenvalue weighted by atomic mass is 9.87. The molecule has 2 nitrogen and oxygen atoms in total. The van der Waals surface area contributed by atoms with Crippen molar-refractivity contribution in [1.29, 1.82) is 0 Å². The summed E-state index contributed by atoms with van der Waals surface area (Å²) in [6, 6.07) is 0. The largest absolute Gasteiger partial charge is 0.238 e. The van der Waals surface area contributed by atoms with E-state index in [0.717, 1.165) is 17.0 Å². The summed E-state index contributed by atoms with van der Waals surface area (Å²) in [5.41, 5.74) is 7.69. The van der Waals surface area contributed by atoms with Gasteiger partial charge in [-0.05, 0) is 62.8 Å². The van der Waals surface area contributed by atoms with Crippen LogP contribution in [0.15, 0.2) is 0 Å². The van der Waals surface area contributed by atoms with Gasteiger partial charge in [0, 0.05) is 11.1 Å². The fourth-order valence-corrected chi connectivity index (χ4v) is 2.88. The molecule has 0 spiro atoms. The van der Waals surface area contributed by atoms with Gasteiger partial charge in [-0.1, -0.05) is 13.8 Å². The number of aromatic nitrogens is 2. The van der Waals surface area contributed by atoms with Crippen molar-refractivity contribution >= 4 is 10.9 Å². The average Bonchev–Trinajstić information content (AvgIpc) is 2.27. The molecule has 2 rings (SSSR count). The molecule has 96 valence electrons. The van der Waals surface area contributed by atoms with E-state index in [2.05, 4.69) is 51.5 Å². The number of nitrogens with zero attached hydrogens (tertiary/aromatic N) is 2. The van der Waals surface area contributed by atoms with E-state index < -0.39 is 0 Å². The third-order valence-corrected chi connectivity index (χ3v) is 3.93. The quantitative estimate of drug-likeness (QED) is 0.745. The molecule has 2 aromatic rings. The number of hydrogen-bond acceptors (Lipinski definition) is 2. The van der Waals surface area contributed by atoms with Crippen molar-refractivity contribution in [2.75, 3.05) is 0 Å². The van der Waals surface area contributed by atoms with Gasteiger partial charge in [0.1, 0.15) is 5.82 Å². The van der Waals surface area contributed by atoms with E-state index in [9.17, 15) is 0 Å². The second-order valence-corrected chi connectivity index (χ2v) is 5.52. The van der Waals surface area contributed by atoms with Gasteiger partial charge in [0.2, 0.25) is 0 Å². The molecule has 0 radical (unpaired) electrons. The molecular formula is C16H22N2. The molecular weight excluding hydrogens is 220 g/mol. The van der Waals surface area contributed by atoms with Crippen LogP contribution in [-0.2, 0) is 0 Å². The van der Waals surface area contributed by atoms with Crippen LogP contribution in [-0.4, -0.2) is 9.97 Å². The summed E-state index contributed by atoms with van der Waals surface area (Å²) >= 11 is 0. The molecule has 1 heterocycles. The first kappa shape index (κ1) is 13.0. The molecule has 0 unspecified atom stereocenters. The maximum absolute atomic E-state index is 4.67. The van der Waals surface area contributed by atoms with E-state index in [1.807, 2.05) is 6.92 Å². The molecule has 1 aromatic heterocycles. The maximum atomic E-state index is 4.67. The minimum Gasteiger partial charge on any atom is -0.238 e. The fourth-order valence-electron chi connectivity index (χ4n) is 2.88. The van der Waals surface area contributed by atoms with Crippen molar-refractivity contribution in [3.63, 3.8) is 0 Å². The van der Waals surface area contributed by atoms with Crippen LogP contribution in [0.2, 0.25) is 0 Å².